The maximum atomic E-state index is 17.4. The van der Waals surface area contributed by atoms with Crippen molar-refractivity contribution in [3.8, 4) is 0 Å². The van der Waals surface area contributed by atoms with Crippen LogP contribution >= 0.6 is 0 Å². The molecule has 0 saturated heterocycles. The molecule has 4 aliphatic rings. The molecule has 0 heterocycles. The third kappa shape index (κ3) is 11.0. The molecule has 8 unspecified atom stereocenters. The molecule has 2 amide bonds. The van der Waals surface area contributed by atoms with Gasteiger partial charge in [0.1, 0.15) is 5.60 Å². The van der Waals surface area contributed by atoms with E-state index in [1.165, 1.54) is 38.5 Å². The molecule has 328 valence electrons. The Balaban J connectivity index is 1.01. The number of rotatable bonds is 25. The van der Waals surface area contributed by atoms with E-state index in [1.54, 1.807) is 26.8 Å². The van der Waals surface area contributed by atoms with E-state index in [9.17, 15) is 34.2 Å². The fraction of sp³-hybridized carbons (Fsp3) is 0.804. The molecule has 8 atom stereocenters. The van der Waals surface area contributed by atoms with Gasteiger partial charge in [0.15, 0.2) is 18.1 Å². The number of alkyl halides is 1. The van der Waals surface area contributed by atoms with Crippen molar-refractivity contribution in [2.75, 3.05) is 26.8 Å². The zero-order valence-electron chi connectivity index (χ0n) is 35.8. The van der Waals surface area contributed by atoms with Crippen LogP contribution in [0.1, 0.15) is 162 Å². The van der Waals surface area contributed by atoms with Gasteiger partial charge in [-0.05, 0) is 82.3 Å². The summed E-state index contributed by atoms with van der Waals surface area (Å²) in [5, 5.41) is 29.4. The van der Waals surface area contributed by atoms with Crippen LogP contribution in [0.15, 0.2) is 23.8 Å². The SMILES string of the molecule is COC(=O)CCCCCCCCCCNC(=O)CCCCCCCCCCNC(=O)OCC(=O)C1(O)C(C)CC2C3CCC4=CC(=O)C=CC4(C)C3(F)C(O)CC21C. The second-order valence-electron chi connectivity index (χ2n) is 18.2. The first-order valence-corrected chi connectivity index (χ1v) is 22.5. The minimum Gasteiger partial charge on any atom is -0.469 e. The molecule has 0 aromatic rings. The Labute approximate surface area is 346 Å². The van der Waals surface area contributed by atoms with E-state index < -0.39 is 58.5 Å². The van der Waals surface area contributed by atoms with Crippen LogP contribution in [0.2, 0.25) is 0 Å². The largest absolute Gasteiger partial charge is 0.469 e. The summed E-state index contributed by atoms with van der Waals surface area (Å²) < 4.78 is 27.3. The predicted octanol–water partition coefficient (Wildman–Crippen LogP) is 7.94. The smallest absolute Gasteiger partial charge is 0.407 e. The van der Waals surface area contributed by atoms with E-state index in [2.05, 4.69) is 15.4 Å². The monoisotopic (exact) mass is 817 g/mol. The van der Waals surface area contributed by atoms with Crippen molar-refractivity contribution in [1.29, 1.82) is 0 Å². The lowest BCUT2D eigenvalue weighted by Crippen LogP contribution is -2.69. The zero-order chi connectivity index (χ0) is 42.4. The zero-order valence-corrected chi connectivity index (χ0v) is 35.8. The van der Waals surface area contributed by atoms with Crippen molar-refractivity contribution in [3.05, 3.63) is 23.8 Å². The van der Waals surface area contributed by atoms with E-state index in [1.807, 2.05) is 0 Å². The van der Waals surface area contributed by atoms with Gasteiger partial charge in [0.05, 0.1) is 13.2 Å². The maximum absolute atomic E-state index is 17.4. The van der Waals surface area contributed by atoms with Crippen LogP contribution in [-0.4, -0.2) is 83.9 Å². The summed E-state index contributed by atoms with van der Waals surface area (Å²) in [6.07, 6.45) is 21.3. The highest BCUT2D eigenvalue weighted by Crippen LogP contribution is 2.70. The van der Waals surface area contributed by atoms with Crippen LogP contribution in [0.25, 0.3) is 0 Å². The summed E-state index contributed by atoms with van der Waals surface area (Å²) in [7, 11) is 1.43. The highest BCUT2D eigenvalue weighted by atomic mass is 19.1. The molecule has 0 aromatic heterocycles. The van der Waals surface area contributed by atoms with Crippen LogP contribution in [0, 0.1) is 28.6 Å². The van der Waals surface area contributed by atoms with E-state index in [4.69, 9.17) is 4.74 Å². The number of carbonyl (C=O) groups is 5. The van der Waals surface area contributed by atoms with Crippen LogP contribution < -0.4 is 10.6 Å². The van der Waals surface area contributed by atoms with Crippen molar-refractivity contribution in [2.45, 2.75) is 179 Å². The number of hydrogen-bond acceptors (Lipinski definition) is 9. The molecular formula is C46H73FN2O9. The molecule has 3 saturated carbocycles. The van der Waals surface area contributed by atoms with Gasteiger partial charge in [-0.1, -0.05) is 103 Å². The van der Waals surface area contributed by atoms with Gasteiger partial charge in [0.25, 0.3) is 0 Å². The average molecular weight is 817 g/mol. The van der Waals surface area contributed by atoms with Crippen molar-refractivity contribution in [3.63, 3.8) is 0 Å². The molecule has 4 aliphatic carbocycles. The fourth-order valence-corrected chi connectivity index (χ4v) is 11.0. The van der Waals surface area contributed by atoms with Gasteiger partial charge < -0.3 is 30.3 Å². The summed E-state index contributed by atoms with van der Waals surface area (Å²) >= 11 is 0. The summed E-state index contributed by atoms with van der Waals surface area (Å²) in [6, 6.07) is 0. The third-order valence-electron chi connectivity index (χ3n) is 14.4. The minimum absolute atomic E-state index is 0.128. The topological polar surface area (TPSA) is 168 Å². The predicted molar refractivity (Wildman–Crippen MR) is 220 cm³/mol. The lowest BCUT2D eigenvalue weighted by molar-refractivity contribution is -0.219. The second kappa shape index (κ2) is 21.9. The van der Waals surface area contributed by atoms with Crippen LogP contribution in [0.3, 0.4) is 0 Å². The Kier molecular flexibility index (Phi) is 18.0. The summed E-state index contributed by atoms with van der Waals surface area (Å²) in [4.78, 5) is 61.6. The number of ether oxygens (including phenoxy) is 2. The molecule has 4 rings (SSSR count). The van der Waals surface area contributed by atoms with E-state index >= 15 is 4.39 Å². The third-order valence-corrected chi connectivity index (χ3v) is 14.4. The Bertz CT molecular complexity index is 1480. The number of methoxy groups -OCH3 is 1. The number of ketones is 2. The number of hydrogen-bond donors (Lipinski definition) is 4. The summed E-state index contributed by atoms with van der Waals surface area (Å²) in [5.74, 6) is -2.37. The van der Waals surface area contributed by atoms with Gasteiger partial charge >= 0.3 is 12.1 Å². The number of halogens is 1. The molecular weight excluding hydrogens is 744 g/mol. The molecule has 11 nitrogen and oxygen atoms in total. The quantitative estimate of drug-likeness (QED) is 0.0528. The molecule has 12 heteroatoms. The van der Waals surface area contributed by atoms with Crippen molar-refractivity contribution in [2.24, 2.45) is 28.6 Å². The number of unbranched alkanes of at least 4 members (excludes halogenated alkanes) is 14. The Morgan fingerprint density at radius 3 is 1.98 bits per heavy atom. The summed E-state index contributed by atoms with van der Waals surface area (Å²) in [5.41, 5.74) is -5.56. The molecule has 3 fully saturated rings. The van der Waals surface area contributed by atoms with E-state index in [-0.39, 0.29) is 30.0 Å². The highest BCUT2D eigenvalue weighted by molar-refractivity contribution is 6.01. The lowest BCUT2D eigenvalue weighted by atomic mass is 9.44. The number of aliphatic hydroxyl groups excluding tert-OH is 1. The second-order valence-corrected chi connectivity index (χ2v) is 18.2. The number of allylic oxidation sites excluding steroid dienone is 4. The molecule has 0 radical (unpaired) electrons. The number of amides is 2. The van der Waals surface area contributed by atoms with Crippen LogP contribution in [0.4, 0.5) is 9.18 Å². The molecule has 0 bridgehead atoms. The van der Waals surface area contributed by atoms with Gasteiger partial charge in [0.2, 0.25) is 11.7 Å². The fourth-order valence-electron chi connectivity index (χ4n) is 11.0. The Morgan fingerprint density at radius 1 is 0.828 bits per heavy atom. The van der Waals surface area contributed by atoms with Crippen LogP contribution in [-0.2, 0) is 28.7 Å². The number of Topliss-reactive ketones (excluding diaryl/α,β-unsaturated/α-hetero) is 1. The standard InChI is InChI=1S/C46H73FN2O9/c1-33-29-37-36-24-23-34-30-35(50)25-26-43(34,2)45(36,47)38(51)31-44(37,3)46(33,56)39(52)32-58-42(55)49-28-20-16-12-7-5-9-13-17-21-40(53)48-27-19-15-11-8-6-10-14-18-22-41(54)57-4/h25-26,30,33,36-38,51,56H,5-24,27-29,31-32H2,1-4H3,(H,48,53)(H,49,55). The molecule has 58 heavy (non-hydrogen) atoms. The Hall–Kier alpha value is -3.12. The van der Waals surface area contributed by atoms with Gasteiger partial charge in [-0.25, -0.2) is 9.18 Å². The number of nitrogens with one attached hydrogen (secondary N) is 2. The lowest BCUT2D eigenvalue weighted by Gasteiger charge is -2.62. The number of aliphatic hydroxyl groups is 2. The van der Waals surface area contributed by atoms with Gasteiger partial charge in [-0.15, -0.1) is 0 Å². The minimum atomic E-state index is -2.05. The normalized spacial score (nSPS) is 31.1. The first kappa shape index (κ1) is 47.6. The first-order chi connectivity index (χ1) is 27.6. The average Bonchev–Trinajstić information content (AvgIpc) is 3.39. The van der Waals surface area contributed by atoms with Crippen LogP contribution in [0.5, 0.6) is 0 Å². The maximum Gasteiger partial charge on any atom is 0.407 e. The Morgan fingerprint density at radius 2 is 1.38 bits per heavy atom. The number of carbonyl (C=O) groups excluding carboxylic acids is 5. The molecule has 0 aliphatic heterocycles. The molecule has 4 N–H and O–H groups in total. The first-order valence-electron chi connectivity index (χ1n) is 22.5. The van der Waals surface area contributed by atoms with Crippen molar-refractivity contribution in [1.82, 2.24) is 10.6 Å². The van der Waals surface area contributed by atoms with E-state index in [0.717, 1.165) is 90.0 Å². The van der Waals surface area contributed by atoms with Gasteiger partial charge in [-0.2, -0.15) is 0 Å². The number of fused-ring (bicyclic) bond motifs is 5. The number of alkyl carbamates (subject to hydrolysis) is 1. The van der Waals surface area contributed by atoms with Gasteiger partial charge in [-0.3, -0.25) is 19.2 Å². The summed E-state index contributed by atoms with van der Waals surface area (Å²) in [6.45, 7) is 5.81. The van der Waals surface area contributed by atoms with E-state index in [0.29, 0.717) is 44.2 Å². The van der Waals surface area contributed by atoms with Crippen molar-refractivity contribution < 1.29 is 48.0 Å². The van der Waals surface area contributed by atoms with Gasteiger partial charge in [0, 0.05) is 42.7 Å². The number of esters is 1. The highest BCUT2D eigenvalue weighted by Gasteiger charge is 2.75. The molecule has 0 spiro atoms. The molecule has 0 aromatic carbocycles. The van der Waals surface area contributed by atoms with Crippen molar-refractivity contribution >= 4 is 29.5 Å².